The van der Waals surface area contributed by atoms with Crippen molar-refractivity contribution in [3.05, 3.63) is 17.5 Å². The maximum absolute atomic E-state index is 11.5. The van der Waals surface area contributed by atoms with E-state index in [4.69, 9.17) is 5.26 Å². The van der Waals surface area contributed by atoms with Crippen LogP contribution in [0.1, 0.15) is 11.4 Å². The van der Waals surface area contributed by atoms with Crippen LogP contribution in [0.4, 0.5) is 5.95 Å². The summed E-state index contributed by atoms with van der Waals surface area (Å²) in [6.45, 7) is 1.93. The van der Waals surface area contributed by atoms with E-state index in [1.807, 2.05) is 6.07 Å². The van der Waals surface area contributed by atoms with Crippen LogP contribution in [-0.4, -0.2) is 49.1 Å². The molecule has 0 atom stereocenters. The largest absolute Gasteiger partial charge is 0.353 e. The first-order chi connectivity index (χ1) is 8.35. The molecule has 7 nitrogen and oxygen atoms in total. The minimum atomic E-state index is -3.24. The van der Waals surface area contributed by atoms with Crippen molar-refractivity contribution in [1.82, 2.24) is 14.3 Å². The van der Waals surface area contributed by atoms with E-state index < -0.39 is 10.0 Å². The number of nitrogens with zero attached hydrogens (tertiary/aromatic N) is 4. The van der Waals surface area contributed by atoms with Gasteiger partial charge in [-0.05, 0) is 13.0 Å². The summed E-state index contributed by atoms with van der Waals surface area (Å²) >= 11 is 0. The predicted octanol–water partition coefficient (Wildman–Crippen LogP) is -0.0400. The van der Waals surface area contributed by atoms with Gasteiger partial charge in [0.05, 0.1) is 5.75 Å². The van der Waals surface area contributed by atoms with E-state index in [2.05, 4.69) is 15.3 Å². The molecule has 0 unspecified atom stereocenters. The molecule has 1 aromatic rings. The molecule has 0 aromatic carbocycles. The first kappa shape index (κ1) is 14.3. The maximum atomic E-state index is 11.5. The van der Waals surface area contributed by atoms with Gasteiger partial charge in [-0.2, -0.15) is 5.26 Å². The van der Waals surface area contributed by atoms with Crippen molar-refractivity contribution in [2.45, 2.75) is 6.92 Å². The van der Waals surface area contributed by atoms with Gasteiger partial charge in [0.2, 0.25) is 16.0 Å². The first-order valence-corrected chi connectivity index (χ1v) is 6.86. The Labute approximate surface area is 107 Å². The van der Waals surface area contributed by atoms with E-state index in [9.17, 15) is 8.42 Å². The summed E-state index contributed by atoms with van der Waals surface area (Å²) in [4.78, 5) is 7.99. The fraction of sp³-hybridized carbons (Fsp3) is 0.500. The zero-order valence-electron chi connectivity index (χ0n) is 10.5. The van der Waals surface area contributed by atoms with Crippen LogP contribution >= 0.6 is 0 Å². The second kappa shape index (κ2) is 5.75. The number of aryl methyl sites for hydroxylation is 1. The van der Waals surface area contributed by atoms with Crippen molar-refractivity contribution in [2.75, 3.05) is 31.7 Å². The Morgan fingerprint density at radius 2 is 2.11 bits per heavy atom. The predicted molar refractivity (Wildman–Crippen MR) is 67.4 cm³/mol. The van der Waals surface area contributed by atoms with Crippen molar-refractivity contribution in [3.8, 4) is 6.07 Å². The van der Waals surface area contributed by atoms with Crippen LogP contribution in [0.25, 0.3) is 0 Å². The van der Waals surface area contributed by atoms with E-state index in [0.29, 0.717) is 5.69 Å². The monoisotopic (exact) mass is 269 g/mol. The standard InChI is InChI=1S/C10H15N5O2S/c1-8-6-9(7-11)14-10(13-8)12-4-5-18(16,17)15(2)3/h6H,4-5H2,1-3H3,(H,12,13,14). The van der Waals surface area contributed by atoms with E-state index in [1.54, 1.807) is 13.0 Å². The van der Waals surface area contributed by atoms with Gasteiger partial charge in [-0.3, -0.25) is 0 Å². The van der Waals surface area contributed by atoms with Gasteiger partial charge in [-0.25, -0.2) is 22.7 Å². The maximum Gasteiger partial charge on any atom is 0.224 e. The zero-order chi connectivity index (χ0) is 13.8. The molecule has 0 saturated heterocycles. The Morgan fingerprint density at radius 3 is 2.67 bits per heavy atom. The number of aromatic nitrogens is 2. The fourth-order valence-corrected chi connectivity index (χ4v) is 1.90. The molecular weight excluding hydrogens is 254 g/mol. The molecule has 0 aliphatic heterocycles. The second-order valence-corrected chi connectivity index (χ2v) is 6.16. The van der Waals surface area contributed by atoms with Crippen LogP contribution < -0.4 is 5.32 Å². The number of hydrogen-bond donors (Lipinski definition) is 1. The van der Waals surface area contributed by atoms with E-state index in [0.717, 1.165) is 4.31 Å². The Hall–Kier alpha value is -1.72. The Bertz CT molecular complexity index is 562. The highest BCUT2D eigenvalue weighted by Crippen LogP contribution is 2.04. The normalized spacial score (nSPS) is 11.3. The van der Waals surface area contributed by atoms with E-state index in [1.165, 1.54) is 14.1 Å². The molecule has 0 radical (unpaired) electrons. The van der Waals surface area contributed by atoms with Gasteiger partial charge in [0.1, 0.15) is 11.8 Å². The lowest BCUT2D eigenvalue weighted by molar-refractivity contribution is 0.521. The van der Waals surface area contributed by atoms with Crippen molar-refractivity contribution < 1.29 is 8.42 Å². The molecule has 1 rings (SSSR count). The molecule has 0 saturated carbocycles. The Morgan fingerprint density at radius 1 is 1.44 bits per heavy atom. The summed E-state index contributed by atoms with van der Waals surface area (Å²) < 4.78 is 24.2. The molecule has 8 heteroatoms. The van der Waals surface area contributed by atoms with Crippen LogP contribution in [0.3, 0.4) is 0 Å². The molecule has 0 fully saturated rings. The van der Waals surface area contributed by atoms with Gasteiger partial charge in [-0.1, -0.05) is 0 Å². The molecule has 1 aromatic heterocycles. The van der Waals surface area contributed by atoms with Crippen molar-refractivity contribution in [1.29, 1.82) is 5.26 Å². The highest BCUT2D eigenvalue weighted by molar-refractivity contribution is 7.89. The summed E-state index contributed by atoms with van der Waals surface area (Å²) in [6, 6.07) is 3.47. The van der Waals surface area contributed by atoms with Gasteiger partial charge in [0.15, 0.2) is 0 Å². The molecule has 0 aliphatic rings. The minimum Gasteiger partial charge on any atom is -0.353 e. The molecule has 1 heterocycles. The molecular formula is C10H15N5O2S. The van der Waals surface area contributed by atoms with Crippen LogP contribution in [0.2, 0.25) is 0 Å². The van der Waals surface area contributed by atoms with Crippen LogP contribution in [0, 0.1) is 18.3 Å². The number of rotatable bonds is 5. The Balaban J connectivity index is 2.66. The smallest absolute Gasteiger partial charge is 0.224 e. The topological polar surface area (TPSA) is 99.0 Å². The average molecular weight is 269 g/mol. The van der Waals surface area contributed by atoms with Crippen LogP contribution in [0.5, 0.6) is 0 Å². The molecule has 0 amide bonds. The van der Waals surface area contributed by atoms with Gasteiger partial charge >= 0.3 is 0 Å². The second-order valence-electron chi connectivity index (χ2n) is 3.86. The van der Waals surface area contributed by atoms with Crippen LogP contribution in [0.15, 0.2) is 6.07 Å². The quantitative estimate of drug-likeness (QED) is 0.805. The summed E-state index contributed by atoms with van der Waals surface area (Å²) in [5, 5.41) is 11.5. The van der Waals surface area contributed by atoms with Crippen molar-refractivity contribution in [3.63, 3.8) is 0 Å². The number of nitrogens with one attached hydrogen (secondary N) is 1. The summed E-state index contributed by atoms with van der Waals surface area (Å²) in [6.07, 6.45) is 0. The lowest BCUT2D eigenvalue weighted by atomic mass is 10.3. The lowest BCUT2D eigenvalue weighted by Crippen LogP contribution is -2.28. The number of sulfonamides is 1. The van der Waals surface area contributed by atoms with Crippen molar-refractivity contribution in [2.24, 2.45) is 0 Å². The zero-order valence-corrected chi connectivity index (χ0v) is 11.3. The number of nitriles is 1. The third-order valence-corrected chi connectivity index (χ3v) is 4.00. The van der Waals surface area contributed by atoms with Gasteiger partial charge in [0, 0.05) is 26.3 Å². The minimum absolute atomic E-state index is 0.0564. The number of hydrogen-bond acceptors (Lipinski definition) is 6. The summed E-state index contributed by atoms with van der Waals surface area (Å²) in [7, 11) is -0.287. The molecule has 0 bridgehead atoms. The lowest BCUT2D eigenvalue weighted by Gasteiger charge is -2.11. The highest BCUT2D eigenvalue weighted by Gasteiger charge is 2.13. The molecule has 0 aliphatic carbocycles. The SMILES string of the molecule is Cc1cc(C#N)nc(NCCS(=O)(=O)N(C)C)n1. The summed E-state index contributed by atoms with van der Waals surface area (Å²) in [5.41, 5.74) is 0.903. The number of anilines is 1. The highest BCUT2D eigenvalue weighted by atomic mass is 32.2. The summed E-state index contributed by atoms with van der Waals surface area (Å²) in [5.74, 6) is 0.208. The third kappa shape index (κ3) is 3.94. The van der Waals surface area contributed by atoms with Gasteiger partial charge in [-0.15, -0.1) is 0 Å². The van der Waals surface area contributed by atoms with Gasteiger partial charge in [0.25, 0.3) is 0 Å². The van der Waals surface area contributed by atoms with E-state index >= 15 is 0 Å². The Kier molecular flexibility index (Phi) is 4.58. The first-order valence-electron chi connectivity index (χ1n) is 5.25. The average Bonchev–Trinajstić information content (AvgIpc) is 2.27. The van der Waals surface area contributed by atoms with Gasteiger partial charge < -0.3 is 5.32 Å². The molecule has 0 spiro atoms. The van der Waals surface area contributed by atoms with E-state index in [-0.39, 0.29) is 23.9 Å². The van der Waals surface area contributed by atoms with Crippen LogP contribution in [-0.2, 0) is 10.0 Å². The molecule has 18 heavy (non-hydrogen) atoms. The molecule has 1 N–H and O–H groups in total. The molecule has 98 valence electrons. The van der Waals surface area contributed by atoms with Crippen molar-refractivity contribution >= 4 is 16.0 Å². The third-order valence-electron chi connectivity index (χ3n) is 2.17. The fourth-order valence-electron chi connectivity index (χ4n) is 1.18.